The zero-order chi connectivity index (χ0) is 18.9. The highest BCUT2D eigenvalue weighted by Gasteiger charge is 2.29. The molecule has 1 aromatic heterocycles. The normalized spacial score (nSPS) is 19.6. The zero-order valence-corrected chi connectivity index (χ0v) is 15.5. The maximum Gasteiger partial charge on any atom is 0.261 e. The average molecular weight is 387 g/mol. The van der Waals surface area contributed by atoms with E-state index in [4.69, 9.17) is 0 Å². The Morgan fingerprint density at radius 3 is 2.89 bits per heavy atom. The summed E-state index contributed by atoms with van der Waals surface area (Å²) in [5, 5.41) is 0. The fraction of sp³-hybridized carbons (Fsp3) is 0.333. The molecule has 4 rings (SSSR count). The number of hydrogen-bond acceptors (Lipinski definition) is 6. The van der Waals surface area contributed by atoms with Gasteiger partial charge in [-0.3, -0.25) is 19.9 Å². The lowest BCUT2D eigenvalue weighted by molar-refractivity contribution is -0.134. The van der Waals surface area contributed by atoms with E-state index in [0.29, 0.717) is 25.2 Å². The van der Waals surface area contributed by atoms with Crippen molar-refractivity contribution in [2.24, 2.45) is 0 Å². The molecule has 1 fully saturated rings. The van der Waals surface area contributed by atoms with E-state index in [1.807, 2.05) is 4.90 Å². The summed E-state index contributed by atoms with van der Waals surface area (Å²) in [6.45, 7) is 1.87. The summed E-state index contributed by atoms with van der Waals surface area (Å²) in [7, 11) is -3.68. The number of anilines is 1. The minimum absolute atomic E-state index is 0.0839. The minimum Gasteiger partial charge on any atom is -0.337 e. The van der Waals surface area contributed by atoms with Crippen molar-refractivity contribution in [3.63, 3.8) is 0 Å². The smallest absolute Gasteiger partial charge is 0.261 e. The van der Waals surface area contributed by atoms with Crippen LogP contribution < -0.4 is 15.6 Å². The molecule has 2 aliphatic rings. The number of nitrogens with zero attached hydrogens (tertiary/aromatic N) is 2. The lowest BCUT2D eigenvalue weighted by Crippen LogP contribution is -2.47. The monoisotopic (exact) mass is 387 g/mol. The number of benzene rings is 1. The van der Waals surface area contributed by atoms with Crippen LogP contribution in [0.15, 0.2) is 47.6 Å². The first-order valence-electron chi connectivity index (χ1n) is 8.85. The first kappa shape index (κ1) is 17.9. The maximum atomic E-state index is 12.6. The van der Waals surface area contributed by atoms with Crippen LogP contribution in [0.2, 0.25) is 0 Å². The molecule has 142 valence electrons. The van der Waals surface area contributed by atoms with Crippen molar-refractivity contribution in [3.8, 4) is 0 Å². The minimum atomic E-state index is -3.68. The van der Waals surface area contributed by atoms with Crippen LogP contribution in [0, 0.1) is 0 Å². The molecular weight excluding hydrogens is 366 g/mol. The third kappa shape index (κ3) is 3.80. The summed E-state index contributed by atoms with van der Waals surface area (Å²) >= 11 is 0. The van der Waals surface area contributed by atoms with Crippen LogP contribution in [0.1, 0.15) is 17.5 Å². The molecule has 1 atom stereocenters. The quantitative estimate of drug-likeness (QED) is 0.711. The Labute approximate surface area is 158 Å². The number of nitrogens with one attached hydrogen (secondary N) is 3. The molecule has 3 N–H and O–H groups in total. The fourth-order valence-electron chi connectivity index (χ4n) is 3.41. The molecule has 9 heteroatoms. The Kier molecular flexibility index (Phi) is 4.81. The molecule has 0 bridgehead atoms. The van der Waals surface area contributed by atoms with Gasteiger partial charge in [-0.15, -0.1) is 0 Å². The topological polar surface area (TPSA) is 103 Å². The number of aromatic nitrogens is 1. The van der Waals surface area contributed by atoms with Crippen LogP contribution in [0.4, 0.5) is 5.69 Å². The number of rotatable bonds is 4. The van der Waals surface area contributed by atoms with Gasteiger partial charge in [0.2, 0.25) is 5.91 Å². The molecule has 2 aromatic rings. The van der Waals surface area contributed by atoms with Gasteiger partial charge >= 0.3 is 0 Å². The molecule has 27 heavy (non-hydrogen) atoms. The molecule has 1 aromatic carbocycles. The van der Waals surface area contributed by atoms with Crippen LogP contribution in [0.5, 0.6) is 0 Å². The number of sulfonamides is 1. The molecule has 0 aliphatic carbocycles. The van der Waals surface area contributed by atoms with Gasteiger partial charge < -0.3 is 4.90 Å². The fourth-order valence-corrected chi connectivity index (χ4v) is 4.50. The van der Waals surface area contributed by atoms with Gasteiger partial charge in [0.1, 0.15) is 6.04 Å². The van der Waals surface area contributed by atoms with E-state index in [1.54, 1.807) is 36.5 Å². The Morgan fingerprint density at radius 2 is 2.15 bits per heavy atom. The van der Waals surface area contributed by atoms with Crippen LogP contribution >= 0.6 is 0 Å². The van der Waals surface area contributed by atoms with Gasteiger partial charge in [0.05, 0.1) is 16.8 Å². The predicted octanol–water partition coefficient (Wildman–Crippen LogP) is 0.634. The molecule has 8 nitrogen and oxygen atoms in total. The van der Waals surface area contributed by atoms with Crippen molar-refractivity contribution in [1.29, 1.82) is 0 Å². The van der Waals surface area contributed by atoms with Crippen molar-refractivity contribution >= 4 is 21.6 Å². The van der Waals surface area contributed by atoms with Crippen LogP contribution in [-0.4, -0.2) is 43.3 Å². The highest BCUT2D eigenvalue weighted by molar-refractivity contribution is 7.92. The lowest BCUT2D eigenvalue weighted by atomic mass is 9.99. The number of hydrazine groups is 1. The SMILES string of the molecule is O=C(C1CCNN1)N1CCc2cc(S(=O)(=O)Nc3cccnc3)ccc2C1. The first-order valence-corrected chi connectivity index (χ1v) is 10.3. The standard InChI is InChI=1S/C18H21N5O3S/c24-18(17-5-8-20-21-17)23-9-6-13-10-16(4-3-14(13)12-23)27(25,26)22-15-2-1-7-19-11-15/h1-4,7,10-11,17,20-22H,5-6,8-9,12H2. The number of fused-ring (bicyclic) bond motifs is 1. The second kappa shape index (κ2) is 7.26. The van der Waals surface area contributed by atoms with Gasteiger partial charge in [0.25, 0.3) is 10.0 Å². The molecule has 3 heterocycles. The molecule has 0 saturated carbocycles. The molecule has 1 saturated heterocycles. The molecule has 2 aliphatic heterocycles. The highest BCUT2D eigenvalue weighted by Crippen LogP contribution is 2.24. The van der Waals surface area contributed by atoms with E-state index < -0.39 is 10.0 Å². The molecule has 0 radical (unpaired) electrons. The number of hydrogen-bond donors (Lipinski definition) is 3. The number of carbonyl (C=O) groups excluding carboxylic acids is 1. The Balaban J connectivity index is 1.50. The summed E-state index contributed by atoms with van der Waals surface area (Å²) < 4.78 is 27.8. The van der Waals surface area contributed by atoms with Gasteiger partial charge in [-0.05, 0) is 48.2 Å². The third-order valence-corrected chi connectivity index (χ3v) is 6.24. The average Bonchev–Trinajstić information content (AvgIpc) is 3.22. The van der Waals surface area contributed by atoms with Gasteiger partial charge in [0, 0.05) is 25.8 Å². The van der Waals surface area contributed by atoms with Crippen molar-refractivity contribution in [2.45, 2.75) is 30.3 Å². The second-order valence-corrected chi connectivity index (χ2v) is 8.38. The predicted molar refractivity (Wildman–Crippen MR) is 100 cm³/mol. The molecule has 1 amide bonds. The summed E-state index contributed by atoms with van der Waals surface area (Å²) in [5.41, 5.74) is 8.35. The van der Waals surface area contributed by atoms with Gasteiger partial charge in [-0.25, -0.2) is 13.8 Å². The highest BCUT2D eigenvalue weighted by atomic mass is 32.2. The van der Waals surface area contributed by atoms with Crippen molar-refractivity contribution in [3.05, 3.63) is 53.9 Å². The van der Waals surface area contributed by atoms with Crippen LogP contribution in [0.3, 0.4) is 0 Å². The number of pyridine rings is 1. The first-order chi connectivity index (χ1) is 13.0. The summed E-state index contributed by atoms with van der Waals surface area (Å²) in [6.07, 6.45) is 4.46. The number of amides is 1. The largest absolute Gasteiger partial charge is 0.337 e. The van der Waals surface area contributed by atoms with E-state index in [-0.39, 0.29) is 16.8 Å². The summed E-state index contributed by atoms with van der Waals surface area (Å²) in [5.74, 6) is 0.0839. The van der Waals surface area contributed by atoms with Gasteiger partial charge in [-0.2, -0.15) is 0 Å². The Bertz CT molecular complexity index is 943. The third-order valence-electron chi connectivity index (χ3n) is 4.86. The van der Waals surface area contributed by atoms with E-state index in [9.17, 15) is 13.2 Å². The van der Waals surface area contributed by atoms with Crippen LogP contribution in [0.25, 0.3) is 0 Å². The van der Waals surface area contributed by atoms with Crippen molar-refractivity contribution in [1.82, 2.24) is 20.7 Å². The number of carbonyl (C=O) groups is 1. The van der Waals surface area contributed by atoms with E-state index >= 15 is 0 Å². The zero-order valence-electron chi connectivity index (χ0n) is 14.7. The Morgan fingerprint density at radius 1 is 1.26 bits per heavy atom. The maximum absolute atomic E-state index is 12.6. The summed E-state index contributed by atoms with van der Waals surface area (Å²) in [6, 6.07) is 8.22. The van der Waals surface area contributed by atoms with Crippen molar-refractivity contribution < 1.29 is 13.2 Å². The second-order valence-electron chi connectivity index (χ2n) is 6.70. The van der Waals surface area contributed by atoms with Crippen LogP contribution in [-0.2, 0) is 27.8 Å². The summed E-state index contributed by atoms with van der Waals surface area (Å²) in [4.78, 5) is 18.5. The van der Waals surface area contributed by atoms with E-state index in [2.05, 4.69) is 20.6 Å². The molecule has 1 unspecified atom stereocenters. The van der Waals surface area contributed by atoms with E-state index in [0.717, 1.165) is 24.1 Å². The van der Waals surface area contributed by atoms with Gasteiger partial charge in [0.15, 0.2) is 0 Å². The Hall–Kier alpha value is -2.49. The molecule has 0 spiro atoms. The van der Waals surface area contributed by atoms with Gasteiger partial charge in [-0.1, -0.05) is 6.07 Å². The molecular formula is C18H21N5O3S. The lowest BCUT2D eigenvalue weighted by Gasteiger charge is -2.31. The van der Waals surface area contributed by atoms with Crippen molar-refractivity contribution in [2.75, 3.05) is 17.8 Å². The van der Waals surface area contributed by atoms with E-state index in [1.165, 1.54) is 6.20 Å².